The van der Waals surface area contributed by atoms with Gasteiger partial charge in [0, 0.05) is 0 Å². The monoisotopic (exact) mass is 339 g/mol. The van der Waals surface area contributed by atoms with Crippen LogP contribution in [0.1, 0.15) is 51.4 Å². The Bertz CT molecular complexity index is 527. The molecule has 0 fully saturated rings. The fourth-order valence-corrected chi connectivity index (χ4v) is 2.74. The Morgan fingerprint density at radius 3 is 2.35 bits per heavy atom. The van der Waals surface area contributed by atoms with Crippen molar-refractivity contribution in [2.75, 3.05) is 20.2 Å². The minimum absolute atomic E-state index is 0. The first kappa shape index (κ1) is 19.9. The van der Waals surface area contributed by atoms with Crippen LogP contribution in [0.2, 0.25) is 0 Å². The van der Waals surface area contributed by atoms with Gasteiger partial charge in [-0.15, -0.1) is 12.4 Å². The van der Waals surface area contributed by atoms with Gasteiger partial charge in [0.05, 0.1) is 18.3 Å². The van der Waals surface area contributed by atoms with Gasteiger partial charge in [0.15, 0.2) is 0 Å². The van der Waals surface area contributed by atoms with Crippen LogP contribution in [-0.2, 0) is 0 Å². The van der Waals surface area contributed by atoms with E-state index in [0.29, 0.717) is 0 Å². The fraction of sp³-hybridized carbons (Fsp3) is 0.579. The van der Waals surface area contributed by atoms with Crippen molar-refractivity contribution in [1.82, 2.24) is 5.32 Å². The molecule has 0 saturated heterocycles. The lowest BCUT2D eigenvalue weighted by molar-refractivity contribution is 0.307. The van der Waals surface area contributed by atoms with E-state index in [2.05, 4.69) is 5.32 Å². The Morgan fingerprint density at radius 2 is 1.61 bits per heavy atom. The van der Waals surface area contributed by atoms with Gasteiger partial charge in [0.25, 0.3) is 0 Å². The first-order chi connectivity index (χ1) is 10.9. The molecule has 1 N–H and O–H groups in total. The Labute approximate surface area is 146 Å². The van der Waals surface area contributed by atoms with E-state index < -0.39 is 0 Å². The van der Waals surface area contributed by atoms with Crippen molar-refractivity contribution in [3.05, 3.63) is 30.5 Å². The Hall–Kier alpha value is -1.19. The molecule has 4 heteroatoms. The minimum atomic E-state index is 0. The molecule has 130 valence electrons. The molecule has 0 amide bonds. The molecule has 1 aromatic heterocycles. The predicted molar refractivity (Wildman–Crippen MR) is 99.8 cm³/mol. The van der Waals surface area contributed by atoms with Crippen molar-refractivity contribution in [2.45, 2.75) is 51.4 Å². The summed E-state index contributed by atoms with van der Waals surface area (Å²) in [6, 6.07) is 7.94. The largest absolute Gasteiger partial charge is 0.493 e. The normalized spacial score (nSPS) is 10.7. The third-order valence-corrected chi connectivity index (χ3v) is 4.03. The fourth-order valence-electron chi connectivity index (χ4n) is 2.74. The van der Waals surface area contributed by atoms with E-state index in [-0.39, 0.29) is 12.4 Å². The summed E-state index contributed by atoms with van der Waals surface area (Å²) < 4.78 is 11.3. The van der Waals surface area contributed by atoms with Gasteiger partial charge in [-0.3, -0.25) is 0 Å². The quantitative estimate of drug-likeness (QED) is 0.513. The maximum Gasteiger partial charge on any atom is 0.137 e. The van der Waals surface area contributed by atoms with Gasteiger partial charge in [-0.1, -0.05) is 44.6 Å². The first-order valence-corrected chi connectivity index (χ1v) is 8.65. The summed E-state index contributed by atoms with van der Waals surface area (Å²) in [5.74, 6) is 0.941. The zero-order chi connectivity index (χ0) is 15.5. The molecule has 0 aliphatic heterocycles. The van der Waals surface area contributed by atoms with Crippen LogP contribution < -0.4 is 10.1 Å². The van der Waals surface area contributed by atoms with Gasteiger partial charge >= 0.3 is 0 Å². The summed E-state index contributed by atoms with van der Waals surface area (Å²) in [6.07, 6.45) is 12.2. The van der Waals surface area contributed by atoms with Crippen LogP contribution in [0.4, 0.5) is 0 Å². The van der Waals surface area contributed by atoms with Crippen molar-refractivity contribution >= 4 is 23.4 Å². The maximum absolute atomic E-state index is 5.88. The molecule has 0 aliphatic carbocycles. The standard InChI is InChI=1S/C19H29NO2.ClH/c1-20-14-8-6-4-2-3-5-7-9-15-21-18-11-10-12-19-17(18)13-16-22-19;/h10-13,16,20H,2-9,14-15H2,1H3;1H. The van der Waals surface area contributed by atoms with Crippen molar-refractivity contribution in [3.8, 4) is 5.75 Å². The van der Waals surface area contributed by atoms with E-state index in [9.17, 15) is 0 Å². The first-order valence-electron chi connectivity index (χ1n) is 8.65. The Kier molecular flexibility index (Phi) is 10.6. The lowest BCUT2D eigenvalue weighted by Gasteiger charge is -2.07. The number of nitrogens with one attached hydrogen (secondary N) is 1. The number of ether oxygens (including phenoxy) is 1. The number of hydrogen-bond donors (Lipinski definition) is 1. The molecular formula is C19H30ClNO2. The molecular weight excluding hydrogens is 310 g/mol. The van der Waals surface area contributed by atoms with Gasteiger partial charge in [0.1, 0.15) is 11.3 Å². The lowest BCUT2D eigenvalue weighted by atomic mass is 10.1. The van der Waals surface area contributed by atoms with Crippen LogP contribution in [0, 0.1) is 0 Å². The maximum atomic E-state index is 5.88. The lowest BCUT2D eigenvalue weighted by Crippen LogP contribution is -2.06. The second-order valence-electron chi connectivity index (χ2n) is 5.87. The van der Waals surface area contributed by atoms with Crippen molar-refractivity contribution in [3.63, 3.8) is 0 Å². The SMILES string of the molecule is CNCCCCCCCCCCOc1cccc2occc12.Cl. The van der Waals surface area contributed by atoms with E-state index in [1.165, 1.54) is 44.9 Å². The average Bonchev–Trinajstić information content (AvgIpc) is 3.02. The summed E-state index contributed by atoms with van der Waals surface area (Å²) >= 11 is 0. The zero-order valence-electron chi connectivity index (χ0n) is 14.2. The Balaban J connectivity index is 0.00000264. The molecule has 3 nitrogen and oxygen atoms in total. The highest BCUT2D eigenvalue weighted by atomic mass is 35.5. The van der Waals surface area contributed by atoms with E-state index in [4.69, 9.17) is 9.15 Å². The van der Waals surface area contributed by atoms with Crippen molar-refractivity contribution in [2.24, 2.45) is 0 Å². The van der Waals surface area contributed by atoms with E-state index in [1.54, 1.807) is 6.26 Å². The van der Waals surface area contributed by atoms with Gasteiger partial charge in [-0.05, 0) is 44.6 Å². The average molecular weight is 340 g/mol. The van der Waals surface area contributed by atoms with Crippen LogP contribution in [0.5, 0.6) is 5.75 Å². The molecule has 0 aliphatic rings. The Morgan fingerprint density at radius 1 is 0.913 bits per heavy atom. The number of furan rings is 1. The third kappa shape index (κ3) is 7.28. The molecule has 0 saturated carbocycles. The smallest absolute Gasteiger partial charge is 0.137 e. The summed E-state index contributed by atoms with van der Waals surface area (Å²) in [7, 11) is 2.02. The second-order valence-corrected chi connectivity index (χ2v) is 5.87. The van der Waals surface area contributed by atoms with E-state index >= 15 is 0 Å². The highest BCUT2D eigenvalue weighted by Crippen LogP contribution is 2.26. The number of halogens is 1. The van der Waals surface area contributed by atoms with Gasteiger partial charge in [-0.25, -0.2) is 0 Å². The molecule has 0 atom stereocenters. The second kappa shape index (κ2) is 12.3. The van der Waals surface area contributed by atoms with Gasteiger partial charge in [0.2, 0.25) is 0 Å². The highest BCUT2D eigenvalue weighted by molar-refractivity contribution is 5.85. The highest BCUT2D eigenvalue weighted by Gasteiger charge is 2.03. The molecule has 0 spiro atoms. The predicted octanol–water partition coefficient (Wildman–Crippen LogP) is 5.57. The molecule has 23 heavy (non-hydrogen) atoms. The van der Waals surface area contributed by atoms with Crippen LogP contribution in [0.25, 0.3) is 11.0 Å². The van der Waals surface area contributed by atoms with Crippen LogP contribution >= 0.6 is 12.4 Å². The molecule has 2 rings (SSSR count). The summed E-state index contributed by atoms with van der Waals surface area (Å²) in [5, 5.41) is 4.27. The number of benzene rings is 1. The number of hydrogen-bond acceptors (Lipinski definition) is 3. The zero-order valence-corrected chi connectivity index (χ0v) is 15.0. The third-order valence-electron chi connectivity index (χ3n) is 4.03. The van der Waals surface area contributed by atoms with Crippen molar-refractivity contribution in [1.29, 1.82) is 0 Å². The molecule has 1 heterocycles. The van der Waals surface area contributed by atoms with Crippen LogP contribution in [-0.4, -0.2) is 20.2 Å². The molecule has 0 bridgehead atoms. The van der Waals surface area contributed by atoms with Crippen LogP contribution in [0.3, 0.4) is 0 Å². The van der Waals surface area contributed by atoms with E-state index in [0.717, 1.165) is 36.3 Å². The van der Waals surface area contributed by atoms with Gasteiger partial charge in [-0.2, -0.15) is 0 Å². The molecule has 0 unspecified atom stereocenters. The number of unbranched alkanes of at least 4 members (excludes halogenated alkanes) is 7. The summed E-state index contributed by atoms with van der Waals surface area (Å²) in [4.78, 5) is 0. The molecule has 0 radical (unpaired) electrons. The molecule has 1 aromatic carbocycles. The number of fused-ring (bicyclic) bond motifs is 1. The van der Waals surface area contributed by atoms with E-state index in [1.807, 2.05) is 31.3 Å². The summed E-state index contributed by atoms with van der Waals surface area (Å²) in [6.45, 7) is 1.95. The van der Waals surface area contributed by atoms with Crippen molar-refractivity contribution < 1.29 is 9.15 Å². The molecule has 2 aromatic rings. The summed E-state index contributed by atoms with van der Waals surface area (Å²) in [5.41, 5.74) is 0.899. The number of rotatable bonds is 12. The van der Waals surface area contributed by atoms with Gasteiger partial charge < -0.3 is 14.5 Å². The van der Waals surface area contributed by atoms with Crippen LogP contribution in [0.15, 0.2) is 34.9 Å². The topological polar surface area (TPSA) is 34.4 Å². The minimum Gasteiger partial charge on any atom is -0.493 e.